The molecule has 0 atom stereocenters. The number of carbonyl (C=O) groups excluding carboxylic acids is 2. The Morgan fingerprint density at radius 3 is 2.19 bits per heavy atom. The van der Waals surface area contributed by atoms with Crippen LogP contribution in [0.4, 0.5) is 0 Å². The van der Waals surface area contributed by atoms with Gasteiger partial charge in [-0.05, 0) is 31.5 Å². The van der Waals surface area contributed by atoms with Gasteiger partial charge in [0.2, 0.25) is 5.91 Å². The molecule has 7 heteroatoms. The Labute approximate surface area is 186 Å². The van der Waals surface area contributed by atoms with Crippen molar-refractivity contribution in [2.45, 2.75) is 19.3 Å². The molecule has 31 heavy (non-hydrogen) atoms. The summed E-state index contributed by atoms with van der Waals surface area (Å²) in [6.45, 7) is 5.89. The molecule has 6 nitrogen and oxygen atoms in total. The minimum atomic E-state index is -0.611. The summed E-state index contributed by atoms with van der Waals surface area (Å²) in [6.07, 6.45) is 1.56. The maximum atomic E-state index is 13.2. The van der Waals surface area contributed by atoms with E-state index >= 15 is 0 Å². The van der Waals surface area contributed by atoms with Gasteiger partial charge in [-0.1, -0.05) is 54.1 Å². The minimum absolute atomic E-state index is 0.0796. The van der Waals surface area contributed by atoms with Gasteiger partial charge >= 0.3 is 0 Å². The molecule has 0 radical (unpaired) electrons. The van der Waals surface area contributed by atoms with Crippen molar-refractivity contribution in [3.05, 3.63) is 76.9 Å². The lowest BCUT2D eigenvalue weighted by molar-refractivity contribution is -0.137. The number of piperazine rings is 1. The van der Waals surface area contributed by atoms with Crippen LogP contribution >= 0.6 is 11.6 Å². The quantitative estimate of drug-likeness (QED) is 0.672. The van der Waals surface area contributed by atoms with E-state index in [9.17, 15) is 9.59 Å². The normalized spacial score (nSPS) is 14.5. The summed E-state index contributed by atoms with van der Waals surface area (Å²) in [5, 5.41) is 7.63. The fourth-order valence-corrected chi connectivity index (χ4v) is 4.07. The first-order valence-electron chi connectivity index (χ1n) is 10.3. The lowest BCUT2D eigenvalue weighted by Gasteiger charge is -2.38. The highest BCUT2D eigenvalue weighted by atomic mass is 35.5. The van der Waals surface area contributed by atoms with Crippen molar-refractivity contribution in [2.24, 2.45) is 0 Å². The molecule has 1 N–H and O–H groups in total. The van der Waals surface area contributed by atoms with Crippen LogP contribution in [0.2, 0.25) is 5.02 Å². The zero-order valence-electron chi connectivity index (χ0n) is 17.6. The molecule has 160 valence electrons. The maximum Gasteiger partial charge on any atom is 0.257 e. The predicted molar refractivity (Wildman–Crippen MR) is 121 cm³/mol. The lowest BCUT2D eigenvalue weighted by Crippen LogP contribution is -2.54. The Hall–Kier alpha value is -3.12. The van der Waals surface area contributed by atoms with Crippen LogP contribution in [0.1, 0.15) is 29.8 Å². The molecule has 1 aliphatic heterocycles. The maximum absolute atomic E-state index is 13.2. The van der Waals surface area contributed by atoms with E-state index in [1.165, 1.54) is 0 Å². The highest BCUT2D eigenvalue weighted by molar-refractivity contribution is 6.30. The van der Waals surface area contributed by atoms with Gasteiger partial charge in [-0.3, -0.25) is 14.7 Å². The van der Waals surface area contributed by atoms with E-state index < -0.39 is 5.41 Å². The van der Waals surface area contributed by atoms with Crippen LogP contribution < -0.4 is 0 Å². The monoisotopic (exact) mass is 436 g/mol. The molecule has 2 aromatic carbocycles. The summed E-state index contributed by atoms with van der Waals surface area (Å²) in [7, 11) is 0. The van der Waals surface area contributed by atoms with E-state index in [2.05, 4.69) is 10.2 Å². The second kappa shape index (κ2) is 8.55. The molecule has 3 aromatic rings. The standard InChI is InChI=1S/C24H25ClN4O2/c1-24(2,18-6-4-3-5-7-18)23(31)29-14-12-28(13-15-29)22(30)20-16-26-27-21(20)17-8-10-19(25)11-9-17/h3-11,16H,12-15H2,1-2H3,(H,26,27). The Bertz CT molecular complexity index is 1070. The number of aromatic amines is 1. The molecule has 2 amide bonds. The summed E-state index contributed by atoms with van der Waals surface area (Å²) in [6, 6.07) is 17.1. The molecule has 2 heterocycles. The smallest absolute Gasteiger partial charge is 0.257 e. The zero-order chi connectivity index (χ0) is 22.0. The van der Waals surface area contributed by atoms with Crippen molar-refractivity contribution in [3.8, 4) is 11.3 Å². The highest BCUT2D eigenvalue weighted by Crippen LogP contribution is 2.27. The van der Waals surface area contributed by atoms with Crippen molar-refractivity contribution >= 4 is 23.4 Å². The van der Waals surface area contributed by atoms with Crippen molar-refractivity contribution in [3.63, 3.8) is 0 Å². The molecule has 4 rings (SSSR count). The number of carbonyl (C=O) groups is 2. The molecule has 0 saturated carbocycles. The third-order valence-corrected chi connectivity index (χ3v) is 6.14. The number of H-pyrrole nitrogens is 1. The molecule has 1 fully saturated rings. The fraction of sp³-hybridized carbons (Fsp3) is 0.292. The summed E-state index contributed by atoms with van der Waals surface area (Å²) in [4.78, 5) is 30.0. The number of nitrogens with zero attached hydrogens (tertiary/aromatic N) is 3. The Balaban J connectivity index is 1.44. The van der Waals surface area contributed by atoms with Gasteiger partial charge in [-0.2, -0.15) is 5.10 Å². The number of nitrogens with one attached hydrogen (secondary N) is 1. The van der Waals surface area contributed by atoms with Crippen LogP contribution in [0.15, 0.2) is 60.8 Å². The largest absolute Gasteiger partial charge is 0.338 e. The third kappa shape index (κ3) is 4.21. The van der Waals surface area contributed by atoms with E-state index in [4.69, 9.17) is 11.6 Å². The SMILES string of the molecule is CC(C)(C(=O)N1CCN(C(=O)c2cn[nH]c2-c2ccc(Cl)cc2)CC1)c1ccccc1. The van der Waals surface area contributed by atoms with Crippen molar-refractivity contribution in [2.75, 3.05) is 26.2 Å². The van der Waals surface area contributed by atoms with Crippen LogP contribution in [0.25, 0.3) is 11.3 Å². The molecular formula is C24H25ClN4O2. The van der Waals surface area contributed by atoms with Crippen molar-refractivity contribution in [1.82, 2.24) is 20.0 Å². The number of aromatic nitrogens is 2. The summed E-state index contributed by atoms with van der Waals surface area (Å²) < 4.78 is 0. The molecular weight excluding hydrogens is 412 g/mol. The Morgan fingerprint density at radius 2 is 1.55 bits per heavy atom. The van der Waals surface area contributed by atoms with E-state index in [0.29, 0.717) is 42.5 Å². The number of hydrogen-bond donors (Lipinski definition) is 1. The van der Waals surface area contributed by atoms with E-state index in [-0.39, 0.29) is 11.8 Å². The molecule has 0 aliphatic carbocycles. The first-order chi connectivity index (χ1) is 14.9. The minimum Gasteiger partial charge on any atom is -0.338 e. The molecule has 0 bridgehead atoms. The summed E-state index contributed by atoms with van der Waals surface area (Å²) in [5.74, 6) is -0.0101. The van der Waals surface area contributed by atoms with Gasteiger partial charge < -0.3 is 9.80 Å². The first kappa shape index (κ1) is 21.1. The van der Waals surface area contributed by atoms with E-state index in [1.54, 1.807) is 23.2 Å². The number of hydrogen-bond acceptors (Lipinski definition) is 3. The van der Waals surface area contributed by atoms with Gasteiger partial charge in [0.15, 0.2) is 0 Å². The van der Waals surface area contributed by atoms with Crippen LogP contribution in [0.5, 0.6) is 0 Å². The van der Waals surface area contributed by atoms with Gasteiger partial charge in [-0.15, -0.1) is 0 Å². The summed E-state index contributed by atoms with van der Waals surface area (Å²) in [5.41, 5.74) is 2.42. The molecule has 1 aliphatic rings. The van der Waals surface area contributed by atoms with Crippen LogP contribution in [0.3, 0.4) is 0 Å². The Morgan fingerprint density at radius 1 is 0.935 bits per heavy atom. The highest BCUT2D eigenvalue weighted by Gasteiger charge is 2.36. The van der Waals surface area contributed by atoms with E-state index in [1.807, 2.05) is 61.2 Å². The number of halogens is 1. The molecule has 1 aromatic heterocycles. The number of rotatable bonds is 4. The van der Waals surface area contributed by atoms with Gasteiger partial charge in [-0.25, -0.2) is 0 Å². The lowest BCUT2D eigenvalue weighted by atomic mass is 9.83. The van der Waals surface area contributed by atoms with E-state index in [0.717, 1.165) is 11.1 Å². The topological polar surface area (TPSA) is 69.3 Å². The predicted octanol–water partition coefficient (Wildman–Crippen LogP) is 3.99. The van der Waals surface area contributed by atoms with Crippen LogP contribution in [-0.4, -0.2) is 58.0 Å². The fourth-order valence-electron chi connectivity index (χ4n) is 3.94. The molecule has 1 saturated heterocycles. The van der Waals surface area contributed by atoms with Crippen molar-refractivity contribution in [1.29, 1.82) is 0 Å². The van der Waals surface area contributed by atoms with Gasteiger partial charge in [0.1, 0.15) is 0 Å². The second-order valence-electron chi connectivity index (χ2n) is 8.24. The average molecular weight is 437 g/mol. The third-order valence-electron chi connectivity index (χ3n) is 5.89. The molecule has 0 unspecified atom stereocenters. The average Bonchev–Trinajstić information content (AvgIpc) is 3.29. The second-order valence-corrected chi connectivity index (χ2v) is 8.68. The number of benzene rings is 2. The van der Waals surface area contributed by atoms with Gasteiger partial charge in [0.05, 0.1) is 22.9 Å². The van der Waals surface area contributed by atoms with Gasteiger partial charge in [0, 0.05) is 36.8 Å². The molecule has 0 spiro atoms. The number of amides is 2. The van der Waals surface area contributed by atoms with Crippen LogP contribution in [-0.2, 0) is 10.2 Å². The zero-order valence-corrected chi connectivity index (χ0v) is 18.4. The summed E-state index contributed by atoms with van der Waals surface area (Å²) >= 11 is 5.97. The van der Waals surface area contributed by atoms with Gasteiger partial charge in [0.25, 0.3) is 5.91 Å². The first-order valence-corrected chi connectivity index (χ1v) is 10.7. The van der Waals surface area contributed by atoms with Crippen molar-refractivity contribution < 1.29 is 9.59 Å². The van der Waals surface area contributed by atoms with Crippen LogP contribution in [0, 0.1) is 0 Å². The Kier molecular flexibility index (Phi) is 5.83.